The van der Waals surface area contributed by atoms with Crippen LogP contribution in [0.5, 0.6) is 0 Å². The van der Waals surface area contributed by atoms with Gasteiger partial charge in [-0.3, -0.25) is 0 Å². The summed E-state index contributed by atoms with van der Waals surface area (Å²) in [6.07, 6.45) is -0.797. The summed E-state index contributed by atoms with van der Waals surface area (Å²) < 4.78 is 6.96. The molecule has 0 bridgehead atoms. The Morgan fingerprint density at radius 2 is 2.13 bits per heavy atom. The van der Waals surface area contributed by atoms with Crippen LogP contribution in [0, 0.1) is 0 Å². The molecule has 1 unspecified atom stereocenters. The molecule has 2 rings (SSSR count). The Balaban J connectivity index is 2.35. The first-order valence-electron chi connectivity index (χ1n) is 3.96. The van der Waals surface area contributed by atoms with Crippen LogP contribution in [0.15, 0.2) is 30.2 Å². The van der Waals surface area contributed by atoms with E-state index in [0.29, 0.717) is 5.76 Å². The molecule has 2 aromatic heterocycles. The predicted molar refractivity (Wildman–Crippen MR) is 67.5 cm³/mol. The molecule has 0 amide bonds. The van der Waals surface area contributed by atoms with Gasteiger partial charge in [0.2, 0.25) is 0 Å². The number of aliphatic hydroxyl groups excluding tert-OH is 1. The molecule has 1 atom stereocenters. The van der Waals surface area contributed by atoms with Crippen molar-refractivity contribution in [3.8, 4) is 0 Å². The zero-order valence-electron chi connectivity index (χ0n) is 7.21. The summed E-state index contributed by atoms with van der Waals surface area (Å²) in [5.41, 5.74) is 0.762. The first-order chi connectivity index (χ1) is 7.08. The summed E-state index contributed by atoms with van der Waals surface area (Å²) in [5, 5.41) is 10.3. The molecule has 0 radical (unpaired) electrons. The normalized spacial score (nSPS) is 13.1. The lowest BCUT2D eigenvalue weighted by Crippen LogP contribution is -1.96. The predicted octanol–water partition coefficient (Wildman–Crippen LogP) is 4.60. The summed E-state index contributed by atoms with van der Waals surface area (Å²) >= 11 is 13.9. The summed E-state index contributed by atoms with van der Waals surface area (Å²) in [5.74, 6) is 0.436. The van der Waals surface area contributed by atoms with Crippen molar-refractivity contribution in [3.63, 3.8) is 0 Å². The number of thiophene rings is 1. The average molecular weight is 372 g/mol. The van der Waals surface area contributed by atoms with Crippen LogP contribution < -0.4 is 0 Å². The standard InChI is InChI=1S/C9H5Br2ClO2S/c10-6-3-4(9(11)15-6)8(13)5-1-2-7(12)14-5/h1-3,8,13H. The highest BCUT2D eigenvalue weighted by Gasteiger charge is 2.19. The van der Waals surface area contributed by atoms with Crippen molar-refractivity contribution in [3.05, 3.63) is 42.3 Å². The van der Waals surface area contributed by atoms with Crippen LogP contribution in [-0.2, 0) is 0 Å². The van der Waals surface area contributed by atoms with Crippen molar-refractivity contribution in [2.75, 3.05) is 0 Å². The minimum absolute atomic E-state index is 0.273. The van der Waals surface area contributed by atoms with Gasteiger partial charge in [-0.25, -0.2) is 0 Å². The maximum atomic E-state index is 10.0. The van der Waals surface area contributed by atoms with Crippen molar-refractivity contribution >= 4 is 54.8 Å². The molecule has 0 aliphatic heterocycles. The van der Waals surface area contributed by atoms with E-state index >= 15 is 0 Å². The molecule has 0 saturated carbocycles. The molecular weight excluding hydrogens is 367 g/mol. The molecule has 0 spiro atoms. The van der Waals surface area contributed by atoms with E-state index in [1.807, 2.05) is 6.07 Å². The van der Waals surface area contributed by atoms with Gasteiger partial charge in [0, 0.05) is 5.56 Å². The van der Waals surface area contributed by atoms with Gasteiger partial charge in [-0.15, -0.1) is 11.3 Å². The molecule has 6 heteroatoms. The zero-order valence-corrected chi connectivity index (χ0v) is 12.0. The molecule has 2 nitrogen and oxygen atoms in total. The van der Waals surface area contributed by atoms with E-state index in [4.69, 9.17) is 16.0 Å². The quantitative estimate of drug-likeness (QED) is 0.836. The fourth-order valence-corrected chi connectivity index (χ4v) is 4.20. The number of halogens is 3. The molecule has 0 aliphatic rings. The van der Waals surface area contributed by atoms with E-state index in [1.54, 1.807) is 12.1 Å². The van der Waals surface area contributed by atoms with Crippen LogP contribution in [0.25, 0.3) is 0 Å². The van der Waals surface area contributed by atoms with Gasteiger partial charge in [-0.1, -0.05) is 0 Å². The van der Waals surface area contributed by atoms with Gasteiger partial charge in [0.1, 0.15) is 11.9 Å². The second-order valence-corrected chi connectivity index (χ2v) is 6.95. The van der Waals surface area contributed by atoms with Crippen LogP contribution >= 0.6 is 54.8 Å². The van der Waals surface area contributed by atoms with Crippen molar-refractivity contribution in [2.45, 2.75) is 6.10 Å². The second kappa shape index (κ2) is 4.59. The Bertz CT molecular complexity index is 480. The third kappa shape index (κ3) is 2.47. The molecular formula is C9H5Br2ClO2S. The van der Waals surface area contributed by atoms with Crippen molar-refractivity contribution in [1.29, 1.82) is 0 Å². The summed E-state index contributed by atoms with van der Waals surface area (Å²) in [7, 11) is 0. The van der Waals surface area contributed by atoms with Crippen molar-refractivity contribution in [1.82, 2.24) is 0 Å². The summed E-state index contributed by atoms with van der Waals surface area (Å²) in [6.45, 7) is 0. The highest BCUT2D eigenvalue weighted by atomic mass is 79.9. The van der Waals surface area contributed by atoms with Crippen LogP contribution in [-0.4, -0.2) is 5.11 Å². The molecule has 0 aromatic carbocycles. The highest BCUT2D eigenvalue weighted by Crippen LogP contribution is 2.38. The van der Waals surface area contributed by atoms with E-state index in [2.05, 4.69) is 31.9 Å². The monoisotopic (exact) mass is 370 g/mol. The number of hydrogen-bond donors (Lipinski definition) is 1. The van der Waals surface area contributed by atoms with E-state index in [9.17, 15) is 5.11 Å². The van der Waals surface area contributed by atoms with E-state index in [0.717, 1.165) is 13.1 Å². The van der Waals surface area contributed by atoms with E-state index in [-0.39, 0.29) is 5.22 Å². The number of aliphatic hydroxyl groups is 1. The second-order valence-electron chi connectivity index (χ2n) is 2.82. The smallest absolute Gasteiger partial charge is 0.193 e. The van der Waals surface area contributed by atoms with Crippen molar-refractivity contribution in [2.24, 2.45) is 0 Å². The van der Waals surface area contributed by atoms with E-state index < -0.39 is 6.10 Å². The molecule has 15 heavy (non-hydrogen) atoms. The molecule has 1 N–H and O–H groups in total. The lowest BCUT2D eigenvalue weighted by molar-refractivity contribution is 0.189. The van der Waals surface area contributed by atoms with Gasteiger partial charge < -0.3 is 9.52 Å². The molecule has 2 heterocycles. The summed E-state index contributed by atoms with van der Waals surface area (Å²) in [4.78, 5) is 0. The van der Waals surface area contributed by atoms with Crippen molar-refractivity contribution < 1.29 is 9.52 Å². The van der Waals surface area contributed by atoms with Gasteiger partial charge >= 0.3 is 0 Å². The topological polar surface area (TPSA) is 33.4 Å². The maximum absolute atomic E-state index is 10.0. The lowest BCUT2D eigenvalue weighted by atomic mass is 10.1. The Kier molecular flexibility index (Phi) is 3.57. The SMILES string of the molecule is OC(c1ccc(Cl)o1)c1cc(Br)sc1Br. The van der Waals surface area contributed by atoms with Crippen LogP contribution in [0.1, 0.15) is 17.4 Å². The maximum Gasteiger partial charge on any atom is 0.193 e. The first kappa shape index (κ1) is 11.7. The molecule has 0 fully saturated rings. The Labute approximate surface area is 112 Å². The number of hydrogen-bond acceptors (Lipinski definition) is 3. The van der Waals surface area contributed by atoms with Crippen LogP contribution in [0.4, 0.5) is 0 Å². The van der Waals surface area contributed by atoms with Gasteiger partial charge in [0.25, 0.3) is 0 Å². The molecule has 2 aromatic rings. The fourth-order valence-electron chi connectivity index (χ4n) is 1.17. The Morgan fingerprint density at radius 3 is 2.60 bits per heavy atom. The Hall–Kier alpha value is 0.190. The summed E-state index contributed by atoms with van der Waals surface area (Å²) in [6, 6.07) is 5.11. The lowest BCUT2D eigenvalue weighted by Gasteiger charge is -2.05. The van der Waals surface area contributed by atoms with Gasteiger partial charge in [0.15, 0.2) is 5.22 Å². The number of rotatable bonds is 2. The minimum Gasteiger partial charge on any atom is -0.447 e. The van der Waals surface area contributed by atoms with Crippen LogP contribution in [0.2, 0.25) is 5.22 Å². The third-order valence-electron chi connectivity index (χ3n) is 1.84. The fraction of sp³-hybridized carbons (Fsp3) is 0.111. The first-order valence-corrected chi connectivity index (χ1v) is 6.74. The Morgan fingerprint density at radius 1 is 1.40 bits per heavy atom. The average Bonchev–Trinajstić information content (AvgIpc) is 2.71. The van der Waals surface area contributed by atoms with Gasteiger partial charge in [-0.2, -0.15) is 0 Å². The van der Waals surface area contributed by atoms with Gasteiger partial charge in [-0.05, 0) is 61.7 Å². The highest BCUT2D eigenvalue weighted by molar-refractivity contribution is 9.12. The largest absolute Gasteiger partial charge is 0.447 e. The number of furan rings is 1. The molecule has 0 saturated heterocycles. The van der Waals surface area contributed by atoms with Gasteiger partial charge in [0.05, 0.1) is 7.57 Å². The third-order valence-corrected chi connectivity index (χ3v) is 4.43. The molecule has 0 aliphatic carbocycles. The zero-order chi connectivity index (χ0) is 11.0. The van der Waals surface area contributed by atoms with Crippen LogP contribution in [0.3, 0.4) is 0 Å². The molecule has 80 valence electrons. The van der Waals surface area contributed by atoms with E-state index in [1.165, 1.54) is 11.3 Å². The minimum atomic E-state index is -0.797.